The second kappa shape index (κ2) is 6.53. The van der Waals surface area contributed by atoms with Crippen LogP contribution in [-0.4, -0.2) is 10.8 Å². The first-order valence-electron chi connectivity index (χ1n) is 8.26. The highest BCUT2D eigenvalue weighted by molar-refractivity contribution is 7.21. The number of nitro benzene ring substituents is 1. The average Bonchev–Trinajstić information content (AvgIpc) is 2.99. The van der Waals surface area contributed by atoms with E-state index >= 15 is 0 Å². The van der Waals surface area contributed by atoms with Crippen molar-refractivity contribution in [3.8, 4) is 0 Å². The Morgan fingerprint density at radius 2 is 1.88 bits per heavy atom. The van der Waals surface area contributed by atoms with Gasteiger partial charge in [0.05, 0.1) is 9.80 Å². The van der Waals surface area contributed by atoms with Gasteiger partial charge in [0.15, 0.2) is 0 Å². The first kappa shape index (κ1) is 18.1. The van der Waals surface area contributed by atoms with Crippen LogP contribution in [0.4, 0.5) is 11.4 Å². The van der Waals surface area contributed by atoms with Crippen LogP contribution in [-0.2, 0) is 5.41 Å². The lowest BCUT2D eigenvalue weighted by molar-refractivity contribution is -0.382. The van der Waals surface area contributed by atoms with Crippen LogP contribution >= 0.6 is 11.3 Å². The van der Waals surface area contributed by atoms with Crippen molar-refractivity contribution in [2.75, 3.05) is 5.32 Å². The summed E-state index contributed by atoms with van der Waals surface area (Å²) < 4.78 is 0.516. The smallest absolute Gasteiger partial charge is 0.287 e. The minimum Gasteiger partial charge on any atom is -0.321 e. The number of non-ortho nitro benzene ring substituents is 1. The van der Waals surface area contributed by atoms with Crippen molar-refractivity contribution in [3.05, 3.63) is 68.6 Å². The summed E-state index contributed by atoms with van der Waals surface area (Å²) in [6.07, 6.45) is 0. The van der Waals surface area contributed by atoms with Crippen LogP contribution in [0.1, 0.15) is 41.6 Å². The molecule has 26 heavy (non-hydrogen) atoms. The van der Waals surface area contributed by atoms with Crippen molar-refractivity contribution >= 4 is 38.7 Å². The SMILES string of the molecule is Cc1ccc(C(C)(C)C)cc1NC(=O)c1cc2cccc([N+](=O)[O-])c2s1. The third kappa shape index (κ3) is 3.46. The van der Waals surface area contributed by atoms with Crippen molar-refractivity contribution in [3.63, 3.8) is 0 Å². The summed E-state index contributed by atoms with van der Waals surface area (Å²) >= 11 is 1.14. The molecule has 134 valence electrons. The van der Waals surface area contributed by atoms with E-state index in [0.29, 0.717) is 15.0 Å². The fourth-order valence-electron chi connectivity index (χ4n) is 2.71. The summed E-state index contributed by atoms with van der Waals surface area (Å²) in [5.74, 6) is -0.255. The highest BCUT2D eigenvalue weighted by Crippen LogP contribution is 2.34. The zero-order valence-electron chi connectivity index (χ0n) is 15.1. The summed E-state index contributed by atoms with van der Waals surface area (Å²) in [7, 11) is 0. The maximum Gasteiger partial charge on any atom is 0.287 e. The van der Waals surface area contributed by atoms with Crippen molar-refractivity contribution in [2.45, 2.75) is 33.1 Å². The van der Waals surface area contributed by atoms with E-state index in [1.807, 2.05) is 19.1 Å². The molecule has 0 radical (unpaired) electrons. The fourth-order valence-corrected chi connectivity index (χ4v) is 3.75. The molecule has 1 heterocycles. The molecule has 0 aliphatic heterocycles. The molecule has 0 fully saturated rings. The van der Waals surface area contributed by atoms with Gasteiger partial charge in [0.2, 0.25) is 0 Å². The van der Waals surface area contributed by atoms with Gasteiger partial charge in [-0.15, -0.1) is 11.3 Å². The third-order valence-corrected chi connectivity index (χ3v) is 5.47. The van der Waals surface area contributed by atoms with Gasteiger partial charge in [0.1, 0.15) is 4.70 Å². The Morgan fingerprint density at radius 3 is 2.54 bits per heavy atom. The van der Waals surface area contributed by atoms with Gasteiger partial charge in [0, 0.05) is 17.1 Å². The molecule has 2 aromatic carbocycles. The van der Waals surface area contributed by atoms with Gasteiger partial charge in [0.25, 0.3) is 11.6 Å². The molecule has 1 N–H and O–H groups in total. The number of nitrogens with one attached hydrogen (secondary N) is 1. The molecule has 0 bridgehead atoms. The number of carbonyl (C=O) groups is 1. The average molecular weight is 368 g/mol. The van der Waals surface area contributed by atoms with Crippen molar-refractivity contribution in [1.82, 2.24) is 0 Å². The predicted molar refractivity (Wildman–Crippen MR) is 106 cm³/mol. The summed E-state index contributed by atoms with van der Waals surface area (Å²) in [5, 5.41) is 14.8. The fraction of sp³-hybridized carbons (Fsp3) is 0.250. The van der Waals surface area contributed by atoms with Crippen molar-refractivity contribution < 1.29 is 9.72 Å². The van der Waals surface area contributed by atoms with Crippen LogP contribution in [0, 0.1) is 17.0 Å². The number of anilines is 1. The zero-order valence-corrected chi connectivity index (χ0v) is 15.9. The van der Waals surface area contributed by atoms with E-state index < -0.39 is 4.92 Å². The molecule has 0 atom stereocenters. The monoisotopic (exact) mass is 368 g/mol. The Hall–Kier alpha value is -2.73. The molecule has 3 aromatic rings. The molecule has 0 spiro atoms. The lowest BCUT2D eigenvalue weighted by Crippen LogP contribution is -2.15. The number of carbonyl (C=O) groups excluding carboxylic acids is 1. The van der Waals surface area contributed by atoms with Crippen molar-refractivity contribution in [1.29, 1.82) is 0 Å². The second-order valence-corrected chi connectivity index (χ2v) is 8.35. The van der Waals surface area contributed by atoms with Gasteiger partial charge >= 0.3 is 0 Å². The van der Waals surface area contributed by atoms with Gasteiger partial charge in [-0.3, -0.25) is 14.9 Å². The largest absolute Gasteiger partial charge is 0.321 e. The van der Waals surface area contributed by atoms with E-state index in [1.54, 1.807) is 18.2 Å². The Labute approximate surface area is 155 Å². The number of hydrogen-bond donors (Lipinski definition) is 1. The number of nitrogens with zero attached hydrogens (tertiary/aromatic N) is 1. The van der Waals surface area contributed by atoms with Crippen molar-refractivity contribution in [2.24, 2.45) is 0 Å². The van der Waals surface area contributed by atoms with Gasteiger partial charge < -0.3 is 5.32 Å². The highest BCUT2D eigenvalue weighted by atomic mass is 32.1. The van der Waals surface area contributed by atoms with Crippen LogP contribution in [0.25, 0.3) is 10.1 Å². The van der Waals surface area contributed by atoms with Crippen LogP contribution in [0.3, 0.4) is 0 Å². The van der Waals surface area contributed by atoms with E-state index in [2.05, 4.69) is 32.2 Å². The molecule has 0 unspecified atom stereocenters. The zero-order chi connectivity index (χ0) is 19.1. The molecular formula is C20H20N2O3S. The standard InChI is InChI=1S/C20H20N2O3S/c1-12-8-9-14(20(2,3)4)11-15(12)21-19(23)17-10-13-6-5-7-16(22(24)25)18(13)26-17/h5-11H,1-4H3,(H,21,23). The van der Waals surface area contributed by atoms with E-state index in [1.165, 1.54) is 6.07 Å². The number of hydrogen-bond acceptors (Lipinski definition) is 4. The molecule has 0 aliphatic rings. The topological polar surface area (TPSA) is 72.2 Å². The van der Waals surface area contributed by atoms with E-state index in [-0.39, 0.29) is 17.0 Å². The number of thiophene rings is 1. The van der Waals surface area contributed by atoms with E-state index in [4.69, 9.17) is 0 Å². The molecule has 1 aromatic heterocycles. The number of nitro groups is 1. The quantitative estimate of drug-likeness (QED) is 0.478. The van der Waals surface area contributed by atoms with Crippen LogP contribution in [0.15, 0.2) is 42.5 Å². The van der Waals surface area contributed by atoms with E-state index in [0.717, 1.165) is 28.2 Å². The Morgan fingerprint density at radius 1 is 1.15 bits per heavy atom. The first-order chi connectivity index (χ1) is 12.2. The van der Waals surface area contributed by atoms with Gasteiger partial charge in [-0.05, 0) is 35.6 Å². The minimum atomic E-state index is -0.419. The summed E-state index contributed by atoms with van der Waals surface area (Å²) in [6, 6.07) is 12.6. The summed E-state index contributed by atoms with van der Waals surface area (Å²) in [5.41, 5.74) is 2.86. The number of amides is 1. The summed E-state index contributed by atoms with van der Waals surface area (Å²) in [4.78, 5) is 23.9. The highest BCUT2D eigenvalue weighted by Gasteiger charge is 2.19. The lowest BCUT2D eigenvalue weighted by Gasteiger charge is -2.21. The molecule has 3 rings (SSSR count). The van der Waals surface area contributed by atoms with Crippen LogP contribution < -0.4 is 5.32 Å². The maximum absolute atomic E-state index is 12.7. The first-order valence-corrected chi connectivity index (χ1v) is 9.08. The Balaban J connectivity index is 1.95. The predicted octanol–water partition coefficient (Wildman–Crippen LogP) is 5.67. The maximum atomic E-state index is 12.7. The number of fused-ring (bicyclic) bond motifs is 1. The molecule has 6 heteroatoms. The van der Waals surface area contributed by atoms with Crippen LogP contribution in [0.2, 0.25) is 0 Å². The Bertz CT molecular complexity index is 1020. The third-order valence-electron chi connectivity index (χ3n) is 4.30. The van der Waals surface area contributed by atoms with E-state index in [9.17, 15) is 14.9 Å². The van der Waals surface area contributed by atoms with Crippen LogP contribution in [0.5, 0.6) is 0 Å². The van der Waals surface area contributed by atoms with Gasteiger partial charge in [-0.1, -0.05) is 45.0 Å². The second-order valence-electron chi connectivity index (χ2n) is 7.30. The summed E-state index contributed by atoms with van der Waals surface area (Å²) in [6.45, 7) is 8.30. The van der Waals surface area contributed by atoms with Gasteiger partial charge in [-0.25, -0.2) is 0 Å². The lowest BCUT2D eigenvalue weighted by atomic mass is 9.86. The molecular weight excluding hydrogens is 348 g/mol. The molecule has 0 aliphatic carbocycles. The normalized spacial score (nSPS) is 11.5. The molecule has 0 saturated carbocycles. The van der Waals surface area contributed by atoms with Gasteiger partial charge in [-0.2, -0.15) is 0 Å². The number of aryl methyl sites for hydroxylation is 1. The minimum absolute atomic E-state index is 0.0224. The number of rotatable bonds is 3. The molecule has 5 nitrogen and oxygen atoms in total. The number of benzene rings is 2. The molecule has 1 amide bonds. The Kier molecular flexibility index (Phi) is 4.54. The molecule has 0 saturated heterocycles.